The maximum absolute atomic E-state index is 16.3. The molecule has 0 aliphatic heterocycles. The summed E-state index contributed by atoms with van der Waals surface area (Å²) in [5, 5.41) is 6.65. The van der Waals surface area contributed by atoms with Crippen LogP contribution in [0.25, 0.3) is 96.4 Å². The van der Waals surface area contributed by atoms with Crippen LogP contribution in [0.3, 0.4) is 0 Å². The van der Waals surface area contributed by atoms with E-state index in [2.05, 4.69) is 62.4 Å². The van der Waals surface area contributed by atoms with Crippen LogP contribution in [0.15, 0.2) is 170 Å². The first-order valence-corrected chi connectivity index (χ1v) is 47.7. The standard InChI is InChI=1S/C104H106F12O6S4/c1-7-9-11-13-15-17-19-21-23-27-57-119-79-51-45-73(46-52-79)89-63-85(67(5)125-89)95-93(99(105,106)103(113,114)101(95,109)110)83-61-87(123-65(83)3)71-35-41-77(42-36-71)97(117)121-59-29-25-31-69-33-39-75-50-56-82-70(34-40-76-49-55-81(69)91(75)92(76)82)32-26-30-60-122-98(118)78-43-37-72(38-44-78)88-62-84(66(4)124-88)94-96(102(111,112)104(115,116)100(94,107)108)86-64-90(126-68(86)6)74-47-53-80(54-48-74)120-58-28-24-22-20-18-16-14-12-10-8-2/h33-56,61-64H,7-32,57-60H2,1-6H3. The van der Waals surface area contributed by atoms with Gasteiger partial charge in [-0.3, -0.25) is 0 Å². The van der Waals surface area contributed by atoms with Gasteiger partial charge in [-0.25, -0.2) is 9.59 Å². The van der Waals surface area contributed by atoms with E-state index in [1.165, 1.54) is 166 Å². The molecule has 0 bridgehead atoms. The second-order valence-electron chi connectivity index (χ2n) is 33.6. The van der Waals surface area contributed by atoms with Crippen molar-refractivity contribution < 1.29 is 81.2 Å². The van der Waals surface area contributed by atoms with Gasteiger partial charge in [0.05, 0.1) is 37.6 Å². The molecule has 0 atom stereocenters. The number of carbonyl (C=O) groups excluding carboxylic acids is 2. The molecule has 14 rings (SSSR count). The molecule has 4 aromatic heterocycles. The molecule has 8 aromatic carbocycles. The number of rotatable bonds is 44. The van der Waals surface area contributed by atoms with E-state index in [-0.39, 0.29) is 55.0 Å². The minimum absolute atomic E-state index is 0.118. The van der Waals surface area contributed by atoms with Crippen LogP contribution in [0.1, 0.15) is 242 Å². The largest absolute Gasteiger partial charge is 0.494 e. The van der Waals surface area contributed by atoms with Crippen molar-refractivity contribution in [1.82, 2.24) is 0 Å². The molecule has 0 radical (unpaired) electrons. The smallest absolute Gasteiger partial charge is 0.380 e. The number of alkyl halides is 12. The zero-order chi connectivity index (χ0) is 89.3. The van der Waals surface area contributed by atoms with E-state index in [1.807, 2.05) is 0 Å². The van der Waals surface area contributed by atoms with E-state index in [0.29, 0.717) is 105 Å². The Balaban J connectivity index is 0.553. The lowest BCUT2D eigenvalue weighted by molar-refractivity contribution is -0.254. The number of benzene rings is 8. The zero-order valence-electron chi connectivity index (χ0n) is 72.0. The Morgan fingerprint density at radius 1 is 0.294 bits per heavy atom. The van der Waals surface area contributed by atoms with Gasteiger partial charge in [0.2, 0.25) is 0 Å². The summed E-state index contributed by atoms with van der Waals surface area (Å²) in [4.78, 5) is 29.1. The molecular weight excluding hydrogens is 1700 g/mol. The van der Waals surface area contributed by atoms with Crippen molar-refractivity contribution in [3.63, 3.8) is 0 Å². The third-order valence-electron chi connectivity index (χ3n) is 24.7. The number of aryl methyl sites for hydroxylation is 6. The minimum Gasteiger partial charge on any atom is -0.494 e. The van der Waals surface area contributed by atoms with E-state index in [1.54, 1.807) is 72.8 Å². The number of hydrogen-bond acceptors (Lipinski definition) is 10. The van der Waals surface area contributed by atoms with Crippen LogP contribution in [-0.2, 0) is 22.3 Å². The number of halogens is 12. The molecule has 6 nitrogen and oxygen atoms in total. The van der Waals surface area contributed by atoms with Crippen molar-refractivity contribution >= 4 is 112 Å². The molecular formula is C104H106F12O6S4. The third kappa shape index (κ3) is 19.4. The Labute approximate surface area is 745 Å². The molecule has 0 spiro atoms. The molecule has 0 saturated heterocycles. The second kappa shape index (κ2) is 40.2. The predicted octanol–water partition coefficient (Wildman–Crippen LogP) is 33.4. The zero-order valence-corrected chi connectivity index (χ0v) is 75.3. The lowest BCUT2D eigenvalue weighted by Crippen LogP contribution is -2.48. The van der Waals surface area contributed by atoms with Gasteiger partial charge >= 0.3 is 47.5 Å². The maximum Gasteiger partial charge on any atom is 0.380 e. The van der Waals surface area contributed by atoms with Gasteiger partial charge in [0.25, 0.3) is 0 Å². The first-order valence-electron chi connectivity index (χ1n) is 44.4. The van der Waals surface area contributed by atoms with Gasteiger partial charge < -0.3 is 18.9 Å². The average Bonchev–Trinajstić information content (AvgIpc) is 1.53. The van der Waals surface area contributed by atoms with Crippen LogP contribution in [0, 0.1) is 27.7 Å². The summed E-state index contributed by atoms with van der Waals surface area (Å²) in [6.07, 6.45) is 27.6. The number of hydrogen-bond donors (Lipinski definition) is 0. The van der Waals surface area contributed by atoms with Gasteiger partial charge in [0, 0.05) is 61.3 Å². The third-order valence-corrected chi connectivity index (χ3v) is 29.1. The van der Waals surface area contributed by atoms with Gasteiger partial charge in [-0.1, -0.05) is 202 Å². The SMILES string of the molecule is CCCCCCCCCCCCOc1ccc(-c2cc(C3=C(c4cc(-c5ccc(C(=O)OCCCCc6ccc7ccc8c(CCCCOC(=O)c9ccc(-c%10cc(C%11=C(c%12cc(-c%13ccc(OCCCCCCCCCCCC)cc%13)sc%12C)C(F)(F)C(F)(F)C%11(F)F)c(C)s%10)cc9)ccc9ccc6c7c98)cc5)sc4C)C(F)(F)C(F)(F)C3(F)F)c(C)s2)cc1. The molecule has 12 aromatic rings. The molecule has 0 saturated carbocycles. The summed E-state index contributed by atoms with van der Waals surface area (Å²) in [5.41, 5.74) is -2.48. The Bertz CT molecular complexity index is 5480. The van der Waals surface area contributed by atoms with Crippen LogP contribution in [0.4, 0.5) is 52.7 Å². The van der Waals surface area contributed by atoms with Crippen molar-refractivity contribution in [2.75, 3.05) is 26.4 Å². The van der Waals surface area contributed by atoms with Gasteiger partial charge in [0.15, 0.2) is 0 Å². The number of ether oxygens (including phenoxy) is 4. The monoisotopic (exact) mass is 1810 g/mol. The lowest BCUT2D eigenvalue weighted by atomic mass is 9.88. The first kappa shape index (κ1) is 92.9. The highest BCUT2D eigenvalue weighted by atomic mass is 32.1. The molecule has 22 heteroatoms. The Kier molecular flexibility index (Phi) is 29.7. The molecule has 0 amide bonds. The summed E-state index contributed by atoms with van der Waals surface area (Å²) >= 11 is 4.09. The highest BCUT2D eigenvalue weighted by molar-refractivity contribution is 7.16. The van der Waals surface area contributed by atoms with Crippen LogP contribution < -0.4 is 9.47 Å². The normalized spacial score (nSPS) is 15.6. The van der Waals surface area contributed by atoms with Crippen LogP contribution in [0.2, 0.25) is 0 Å². The number of esters is 2. The molecule has 666 valence electrons. The summed E-state index contributed by atoms with van der Waals surface area (Å²) < 4.78 is 216. The van der Waals surface area contributed by atoms with Gasteiger partial charge in [-0.2, -0.15) is 52.7 Å². The summed E-state index contributed by atoms with van der Waals surface area (Å²) in [5.74, 6) is -32.4. The van der Waals surface area contributed by atoms with E-state index < -0.39 is 80.9 Å². The lowest BCUT2D eigenvalue weighted by Gasteiger charge is -2.25. The number of thiophene rings is 4. The fraction of sp³-hybridized carbons (Fsp3) is 0.404. The molecule has 0 N–H and O–H groups in total. The van der Waals surface area contributed by atoms with Crippen molar-refractivity contribution in [1.29, 1.82) is 0 Å². The average molecular weight is 1810 g/mol. The molecule has 2 aliphatic rings. The Morgan fingerprint density at radius 3 is 0.833 bits per heavy atom. The van der Waals surface area contributed by atoms with Gasteiger partial charge in [-0.15, -0.1) is 45.3 Å². The van der Waals surface area contributed by atoms with Crippen molar-refractivity contribution in [3.8, 4) is 53.3 Å². The highest BCUT2D eigenvalue weighted by Gasteiger charge is 2.82. The van der Waals surface area contributed by atoms with Crippen molar-refractivity contribution in [2.24, 2.45) is 0 Å². The predicted molar refractivity (Wildman–Crippen MR) is 493 cm³/mol. The first-order chi connectivity index (χ1) is 60.5. The molecule has 4 heterocycles. The topological polar surface area (TPSA) is 71.1 Å². The number of unbranched alkanes of at least 4 members (excludes halogenated alkanes) is 20. The molecule has 0 unspecified atom stereocenters. The number of carbonyl (C=O) groups is 2. The van der Waals surface area contributed by atoms with E-state index in [0.717, 1.165) is 127 Å². The quantitative estimate of drug-likeness (QED) is 0.0164. The fourth-order valence-electron chi connectivity index (χ4n) is 17.6. The van der Waals surface area contributed by atoms with E-state index in [4.69, 9.17) is 18.9 Å². The fourth-order valence-corrected chi connectivity index (χ4v) is 21.7. The Hall–Kier alpha value is -9.22. The molecule has 2 aliphatic carbocycles. The van der Waals surface area contributed by atoms with Gasteiger partial charge in [-0.05, 0) is 264 Å². The maximum atomic E-state index is 16.3. The summed E-state index contributed by atoms with van der Waals surface area (Å²) in [6, 6.07) is 48.3. The van der Waals surface area contributed by atoms with Crippen molar-refractivity contribution in [2.45, 2.75) is 244 Å². The second-order valence-corrected chi connectivity index (χ2v) is 38.6. The van der Waals surface area contributed by atoms with Crippen LogP contribution >= 0.6 is 45.3 Å². The number of allylic oxidation sites excluding steroid dienone is 4. The van der Waals surface area contributed by atoms with E-state index >= 15 is 52.7 Å². The summed E-state index contributed by atoms with van der Waals surface area (Å²) in [6.45, 7) is 11.5. The van der Waals surface area contributed by atoms with E-state index in [9.17, 15) is 9.59 Å². The minimum atomic E-state index is -5.74. The van der Waals surface area contributed by atoms with Crippen molar-refractivity contribution in [3.05, 3.63) is 234 Å². The molecule has 0 fully saturated rings. The van der Waals surface area contributed by atoms with Crippen LogP contribution in [-0.4, -0.2) is 73.9 Å². The summed E-state index contributed by atoms with van der Waals surface area (Å²) in [7, 11) is 0. The van der Waals surface area contributed by atoms with Crippen LogP contribution in [0.5, 0.6) is 11.5 Å². The Morgan fingerprint density at radius 2 is 0.548 bits per heavy atom. The molecule has 126 heavy (non-hydrogen) atoms. The van der Waals surface area contributed by atoms with Gasteiger partial charge in [0.1, 0.15) is 11.5 Å². The highest BCUT2D eigenvalue weighted by Crippen LogP contribution is 2.68.